The van der Waals surface area contributed by atoms with Crippen molar-refractivity contribution in [2.75, 3.05) is 26.7 Å². The number of likely N-dealkylation sites (tertiary alicyclic amines) is 1. The minimum atomic E-state index is -0.974. The van der Waals surface area contributed by atoms with Gasteiger partial charge in [-0.2, -0.15) is 0 Å². The van der Waals surface area contributed by atoms with Crippen molar-refractivity contribution in [3.8, 4) is 0 Å². The molecule has 0 aromatic heterocycles. The van der Waals surface area contributed by atoms with E-state index in [2.05, 4.69) is 11.9 Å². The van der Waals surface area contributed by atoms with E-state index >= 15 is 0 Å². The molecule has 0 aliphatic carbocycles. The van der Waals surface area contributed by atoms with Crippen LogP contribution in [-0.4, -0.2) is 66.3 Å². The molecule has 8 nitrogen and oxygen atoms in total. The Bertz CT molecular complexity index is 810. The average Bonchev–Trinajstić information content (AvgIpc) is 2.77. The maximum Gasteiger partial charge on any atom is 0.331 e. The van der Waals surface area contributed by atoms with Crippen molar-refractivity contribution in [3.05, 3.63) is 48.6 Å². The second-order valence-corrected chi connectivity index (χ2v) is 7.22. The summed E-state index contributed by atoms with van der Waals surface area (Å²) >= 11 is 0. The smallest absolute Gasteiger partial charge is 0.331 e. The van der Waals surface area contributed by atoms with Crippen LogP contribution in [0.2, 0.25) is 0 Å². The van der Waals surface area contributed by atoms with Crippen molar-refractivity contribution in [1.29, 1.82) is 0 Å². The molecule has 3 atom stereocenters. The van der Waals surface area contributed by atoms with Crippen LogP contribution in [0, 0.1) is 5.92 Å². The molecule has 2 heterocycles. The third-order valence-electron chi connectivity index (χ3n) is 5.42. The second kappa shape index (κ2) is 8.89. The van der Waals surface area contributed by atoms with Crippen molar-refractivity contribution in [2.24, 2.45) is 5.92 Å². The van der Waals surface area contributed by atoms with Gasteiger partial charge in [0.1, 0.15) is 6.54 Å². The highest BCUT2D eigenvalue weighted by Crippen LogP contribution is 2.29. The summed E-state index contributed by atoms with van der Waals surface area (Å²) < 4.78 is 4.96. The number of esters is 1. The third kappa shape index (κ3) is 4.31. The molecule has 0 bridgehead atoms. The first kappa shape index (κ1) is 20.6. The molecule has 2 saturated heterocycles. The fourth-order valence-corrected chi connectivity index (χ4v) is 4.00. The molecule has 1 unspecified atom stereocenters. The highest BCUT2D eigenvalue weighted by Gasteiger charge is 2.45. The number of rotatable bonds is 4. The van der Waals surface area contributed by atoms with Gasteiger partial charge in [-0.3, -0.25) is 14.4 Å². The fraction of sp³-hybridized carbons (Fsp3) is 0.429. The minimum absolute atomic E-state index is 0.228. The molecular weight excluding hydrogens is 374 g/mol. The van der Waals surface area contributed by atoms with Gasteiger partial charge in [0, 0.05) is 13.1 Å². The Kier molecular flexibility index (Phi) is 6.31. The van der Waals surface area contributed by atoms with Crippen LogP contribution in [-0.2, 0) is 23.9 Å². The summed E-state index contributed by atoms with van der Waals surface area (Å²) in [7, 11) is 1.26. The van der Waals surface area contributed by atoms with Gasteiger partial charge in [0.15, 0.2) is 6.04 Å². The molecule has 8 heteroatoms. The summed E-state index contributed by atoms with van der Waals surface area (Å²) in [6.07, 6.45) is 2.48. The number of carbonyl (C=O) groups excluding carboxylic acids is 4. The molecule has 2 aliphatic rings. The Morgan fingerprint density at radius 1 is 1.24 bits per heavy atom. The highest BCUT2D eigenvalue weighted by atomic mass is 16.5. The summed E-state index contributed by atoms with van der Waals surface area (Å²) in [5.74, 6) is -1.98. The lowest BCUT2D eigenvalue weighted by Gasteiger charge is -2.42. The number of hydrogen-bond acceptors (Lipinski definition) is 5. The number of nitrogens with zero attached hydrogens (tertiary/aromatic N) is 2. The van der Waals surface area contributed by atoms with E-state index in [1.807, 2.05) is 6.07 Å². The second-order valence-electron chi connectivity index (χ2n) is 7.22. The minimum Gasteiger partial charge on any atom is -0.467 e. The van der Waals surface area contributed by atoms with Crippen molar-refractivity contribution >= 4 is 23.7 Å². The summed E-state index contributed by atoms with van der Waals surface area (Å²) in [4.78, 5) is 53.2. The van der Waals surface area contributed by atoms with Crippen LogP contribution in [0.1, 0.15) is 24.4 Å². The predicted molar refractivity (Wildman–Crippen MR) is 104 cm³/mol. The SMILES string of the molecule is C=CC(=O)N1CCCC(C(=O)N2CC(=O)N[C@H](c3ccccc3)[C@H]2C(=O)OC)C1. The molecule has 3 amide bonds. The molecule has 2 aliphatic heterocycles. The van der Waals surface area contributed by atoms with Crippen molar-refractivity contribution in [2.45, 2.75) is 24.9 Å². The number of amides is 3. The van der Waals surface area contributed by atoms with Gasteiger partial charge in [0.25, 0.3) is 0 Å². The van der Waals surface area contributed by atoms with Gasteiger partial charge in [-0.25, -0.2) is 4.79 Å². The number of ether oxygens (including phenoxy) is 1. The summed E-state index contributed by atoms with van der Waals surface area (Å²) in [5, 5.41) is 2.81. The number of carbonyl (C=O) groups is 4. The summed E-state index contributed by atoms with van der Waals surface area (Å²) in [5.41, 5.74) is 0.709. The van der Waals surface area contributed by atoms with E-state index in [0.29, 0.717) is 24.9 Å². The molecular formula is C21H25N3O5. The van der Waals surface area contributed by atoms with Crippen molar-refractivity contribution in [3.63, 3.8) is 0 Å². The van der Waals surface area contributed by atoms with Crippen LogP contribution in [0.3, 0.4) is 0 Å². The monoisotopic (exact) mass is 399 g/mol. The Balaban J connectivity index is 1.89. The predicted octanol–water partition coefficient (Wildman–Crippen LogP) is 0.652. The molecule has 0 spiro atoms. The average molecular weight is 399 g/mol. The van der Waals surface area contributed by atoms with E-state index in [0.717, 1.165) is 0 Å². The Morgan fingerprint density at radius 2 is 1.97 bits per heavy atom. The lowest BCUT2D eigenvalue weighted by atomic mass is 9.91. The fourth-order valence-electron chi connectivity index (χ4n) is 4.00. The molecule has 1 aromatic rings. The first-order valence-corrected chi connectivity index (χ1v) is 9.60. The molecule has 154 valence electrons. The molecule has 1 N–H and O–H groups in total. The quantitative estimate of drug-likeness (QED) is 0.593. The van der Waals surface area contributed by atoms with Gasteiger partial charge in [-0.1, -0.05) is 36.9 Å². The molecule has 29 heavy (non-hydrogen) atoms. The van der Waals surface area contributed by atoms with Crippen LogP contribution in [0.25, 0.3) is 0 Å². The normalized spacial score (nSPS) is 24.4. The number of benzene rings is 1. The Morgan fingerprint density at radius 3 is 2.62 bits per heavy atom. The zero-order chi connectivity index (χ0) is 21.0. The van der Waals surface area contributed by atoms with Crippen LogP contribution in [0.5, 0.6) is 0 Å². The first-order chi connectivity index (χ1) is 14.0. The van der Waals surface area contributed by atoms with Gasteiger partial charge in [-0.15, -0.1) is 0 Å². The zero-order valence-electron chi connectivity index (χ0n) is 16.4. The van der Waals surface area contributed by atoms with E-state index in [1.54, 1.807) is 29.2 Å². The Hall–Kier alpha value is -3.16. The topological polar surface area (TPSA) is 96.0 Å². The van der Waals surface area contributed by atoms with Gasteiger partial charge >= 0.3 is 5.97 Å². The standard InChI is InChI=1S/C21H25N3O5/c1-3-17(26)23-11-7-10-15(12-23)20(27)24-13-16(25)22-18(19(24)21(28)29-2)14-8-5-4-6-9-14/h3-6,8-9,15,18-19H,1,7,10-13H2,2H3,(H,22,25)/t15?,18-,19+/m1/s1. The summed E-state index contributed by atoms with van der Waals surface area (Å²) in [6, 6.07) is 7.34. The van der Waals surface area contributed by atoms with Crippen LogP contribution in [0.15, 0.2) is 43.0 Å². The van der Waals surface area contributed by atoms with Crippen molar-refractivity contribution < 1.29 is 23.9 Å². The van der Waals surface area contributed by atoms with Gasteiger partial charge < -0.3 is 19.9 Å². The third-order valence-corrected chi connectivity index (χ3v) is 5.42. The lowest BCUT2D eigenvalue weighted by Crippen LogP contribution is -2.62. The molecule has 3 rings (SSSR count). The van der Waals surface area contributed by atoms with Crippen LogP contribution < -0.4 is 5.32 Å². The van der Waals surface area contributed by atoms with E-state index in [4.69, 9.17) is 4.74 Å². The van der Waals surface area contributed by atoms with Gasteiger partial charge in [-0.05, 0) is 24.5 Å². The Labute approximate surface area is 169 Å². The van der Waals surface area contributed by atoms with Crippen LogP contribution in [0.4, 0.5) is 0 Å². The van der Waals surface area contributed by atoms with Gasteiger partial charge in [0.2, 0.25) is 17.7 Å². The van der Waals surface area contributed by atoms with Crippen LogP contribution >= 0.6 is 0 Å². The lowest BCUT2D eigenvalue weighted by molar-refractivity contribution is -0.161. The maximum atomic E-state index is 13.3. The van der Waals surface area contributed by atoms with Gasteiger partial charge in [0.05, 0.1) is 19.1 Å². The van der Waals surface area contributed by atoms with E-state index in [-0.39, 0.29) is 30.8 Å². The molecule has 0 radical (unpaired) electrons. The number of methoxy groups -OCH3 is 1. The maximum absolute atomic E-state index is 13.3. The van der Waals surface area contributed by atoms with E-state index < -0.39 is 24.0 Å². The number of hydrogen-bond donors (Lipinski definition) is 1. The zero-order valence-corrected chi connectivity index (χ0v) is 16.4. The molecule has 1 aromatic carbocycles. The van der Waals surface area contributed by atoms with E-state index in [1.165, 1.54) is 18.1 Å². The van der Waals surface area contributed by atoms with Crippen molar-refractivity contribution in [1.82, 2.24) is 15.1 Å². The molecule has 2 fully saturated rings. The summed E-state index contributed by atoms with van der Waals surface area (Å²) in [6.45, 7) is 4.07. The molecule has 0 saturated carbocycles. The highest BCUT2D eigenvalue weighted by molar-refractivity contribution is 5.94. The number of nitrogens with one attached hydrogen (secondary N) is 1. The largest absolute Gasteiger partial charge is 0.467 e. The number of piperidine rings is 1. The number of piperazine rings is 1. The van der Waals surface area contributed by atoms with E-state index in [9.17, 15) is 19.2 Å². The first-order valence-electron chi connectivity index (χ1n) is 9.60.